The number of nitrogens with zero attached hydrogens (tertiary/aromatic N) is 4. The molecule has 2 aliphatic rings. The molecule has 4 heterocycles. The maximum atomic E-state index is 12.5. The lowest BCUT2D eigenvalue weighted by atomic mass is 10.2. The van der Waals surface area contributed by atoms with Crippen LogP contribution in [0, 0.1) is 6.92 Å². The quantitative estimate of drug-likeness (QED) is 0.621. The second-order valence-electron chi connectivity index (χ2n) is 7.65. The smallest absolute Gasteiger partial charge is 0.258 e. The van der Waals surface area contributed by atoms with Crippen molar-refractivity contribution >= 4 is 38.1 Å². The van der Waals surface area contributed by atoms with Gasteiger partial charge in [-0.2, -0.15) is 0 Å². The topological polar surface area (TPSA) is 84.1 Å². The van der Waals surface area contributed by atoms with Crippen LogP contribution in [0.3, 0.4) is 0 Å². The molecular formula is C21H20N4O3S2. The van der Waals surface area contributed by atoms with Gasteiger partial charge in [-0.05, 0) is 36.8 Å². The number of hydrogen-bond acceptors (Lipinski definition) is 7. The number of aromatic nitrogens is 2. The molecule has 0 saturated carbocycles. The van der Waals surface area contributed by atoms with Gasteiger partial charge in [0.2, 0.25) is 0 Å². The van der Waals surface area contributed by atoms with Crippen LogP contribution in [0.4, 0.5) is 5.69 Å². The van der Waals surface area contributed by atoms with E-state index in [0.29, 0.717) is 17.9 Å². The average molecular weight is 441 g/mol. The van der Waals surface area contributed by atoms with E-state index in [1.165, 1.54) is 16.2 Å². The Morgan fingerprint density at radius 2 is 2.03 bits per heavy atom. The van der Waals surface area contributed by atoms with E-state index in [4.69, 9.17) is 4.99 Å². The molecule has 1 saturated heterocycles. The van der Waals surface area contributed by atoms with Crippen LogP contribution in [0.25, 0.3) is 5.65 Å². The Balaban J connectivity index is 1.54. The second-order valence-corrected chi connectivity index (χ2v) is 11.0. The van der Waals surface area contributed by atoms with E-state index in [1.807, 2.05) is 36.1 Å². The first-order valence-corrected chi connectivity index (χ1v) is 12.3. The normalized spacial score (nSPS) is 22.1. The number of rotatable bonds is 3. The molecule has 2 atom stereocenters. The first kappa shape index (κ1) is 19.3. The molecule has 0 aliphatic carbocycles. The molecule has 154 valence electrons. The van der Waals surface area contributed by atoms with Gasteiger partial charge < -0.3 is 4.90 Å². The Kier molecular flexibility index (Phi) is 4.67. The zero-order valence-corrected chi connectivity index (χ0v) is 17.9. The molecule has 0 unspecified atom stereocenters. The molecule has 0 amide bonds. The Morgan fingerprint density at radius 3 is 2.83 bits per heavy atom. The fraction of sp³-hybridized carbons (Fsp3) is 0.286. The van der Waals surface area contributed by atoms with Gasteiger partial charge in [0.15, 0.2) is 15.0 Å². The third kappa shape index (κ3) is 3.63. The van der Waals surface area contributed by atoms with Crippen LogP contribution in [0.2, 0.25) is 0 Å². The number of thioether (sulfide) groups is 1. The molecule has 3 aromatic rings. The summed E-state index contributed by atoms with van der Waals surface area (Å²) in [6, 6.07) is 14.8. The molecule has 30 heavy (non-hydrogen) atoms. The van der Waals surface area contributed by atoms with Gasteiger partial charge in [0.05, 0.1) is 29.8 Å². The van der Waals surface area contributed by atoms with Gasteiger partial charge in [-0.15, -0.1) is 0 Å². The SMILES string of the molecule is Cc1cccc(N(Cc2cc(=O)n3ccccc3n2)C2=N[C@@H]3CS(=O)(=O)C[C@H]3S2)c1. The van der Waals surface area contributed by atoms with Crippen molar-refractivity contribution in [3.63, 3.8) is 0 Å². The molecule has 1 aromatic carbocycles. The second kappa shape index (κ2) is 7.24. The van der Waals surface area contributed by atoms with Crippen molar-refractivity contribution < 1.29 is 8.42 Å². The summed E-state index contributed by atoms with van der Waals surface area (Å²) in [4.78, 5) is 24.0. The highest BCUT2D eigenvalue weighted by Crippen LogP contribution is 2.37. The molecule has 0 bridgehead atoms. The summed E-state index contributed by atoms with van der Waals surface area (Å²) in [5.74, 6) is 0.262. The number of fused-ring (bicyclic) bond motifs is 2. The number of hydrogen-bond donors (Lipinski definition) is 0. The summed E-state index contributed by atoms with van der Waals surface area (Å²) in [6.07, 6.45) is 1.70. The maximum absolute atomic E-state index is 12.5. The highest BCUT2D eigenvalue weighted by atomic mass is 32.2. The average Bonchev–Trinajstić information content (AvgIpc) is 3.19. The minimum Gasteiger partial charge on any atom is -0.315 e. The van der Waals surface area contributed by atoms with Gasteiger partial charge in [0.25, 0.3) is 5.56 Å². The number of aliphatic imine (C=N–C) groups is 1. The van der Waals surface area contributed by atoms with E-state index in [0.717, 1.165) is 16.4 Å². The molecule has 0 spiro atoms. The predicted molar refractivity (Wildman–Crippen MR) is 120 cm³/mol. The number of pyridine rings is 1. The van der Waals surface area contributed by atoms with E-state index in [9.17, 15) is 13.2 Å². The van der Waals surface area contributed by atoms with E-state index in [-0.39, 0.29) is 28.4 Å². The van der Waals surface area contributed by atoms with Crippen LogP contribution in [-0.2, 0) is 16.4 Å². The lowest BCUT2D eigenvalue weighted by Gasteiger charge is -2.24. The maximum Gasteiger partial charge on any atom is 0.258 e. The number of aryl methyl sites for hydroxylation is 1. The van der Waals surface area contributed by atoms with Gasteiger partial charge in [-0.25, -0.2) is 13.4 Å². The van der Waals surface area contributed by atoms with E-state index >= 15 is 0 Å². The van der Waals surface area contributed by atoms with Gasteiger partial charge >= 0.3 is 0 Å². The lowest BCUT2D eigenvalue weighted by Crippen LogP contribution is -2.29. The summed E-state index contributed by atoms with van der Waals surface area (Å²) < 4.78 is 25.4. The zero-order valence-electron chi connectivity index (χ0n) is 16.3. The van der Waals surface area contributed by atoms with Gasteiger partial charge in [0, 0.05) is 23.2 Å². The Labute approximate surface area is 178 Å². The van der Waals surface area contributed by atoms with E-state index in [1.54, 1.807) is 24.4 Å². The van der Waals surface area contributed by atoms with Gasteiger partial charge in [-0.3, -0.25) is 14.2 Å². The minimum atomic E-state index is -3.02. The van der Waals surface area contributed by atoms with Gasteiger partial charge in [0.1, 0.15) is 5.65 Å². The van der Waals surface area contributed by atoms with Crippen LogP contribution >= 0.6 is 11.8 Å². The van der Waals surface area contributed by atoms with Crippen molar-refractivity contribution in [2.24, 2.45) is 4.99 Å². The van der Waals surface area contributed by atoms with Crippen LogP contribution in [0.1, 0.15) is 11.3 Å². The minimum absolute atomic E-state index is 0.0486. The Morgan fingerprint density at radius 1 is 1.17 bits per heavy atom. The van der Waals surface area contributed by atoms with Crippen molar-refractivity contribution in [3.8, 4) is 0 Å². The third-order valence-electron chi connectivity index (χ3n) is 5.29. The molecule has 7 nitrogen and oxygen atoms in total. The number of amidine groups is 1. The number of anilines is 1. The zero-order chi connectivity index (χ0) is 20.9. The summed E-state index contributed by atoms with van der Waals surface area (Å²) in [6.45, 7) is 2.40. The molecule has 5 rings (SSSR count). The van der Waals surface area contributed by atoms with Crippen molar-refractivity contribution in [2.75, 3.05) is 16.4 Å². The lowest BCUT2D eigenvalue weighted by molar-refractivity contribution is 0.601. The fourth-order valence-electron chi connectivity index (χ4n) is 3.88. The first-order chi connectivity index (χ1) is 14.4. The van der Waals surface area contributed by atoms with Crippen LogP contribution in [0.5, 0.6) is 0 Å². The van der Waals surface area contributed by atoms with Crippen molar-refractivity contribution in [1.82, 2.24) is 9.38 Å². The first-order valence-electron chi connectivity index (χ1n) is 9.64. The standard InChI is InChI=1S/C21H20N4O3S2/c1-14-5-4-6-16(9-14)25(21-23-17-12-30(27,28)13-18(17)29-21)11-15-10-20(26)24-8-3-2-7-19(24)22-15/h2-10,17-18H,11-13H2,1H3/t17-,18-/m1/s1. The summed E-state index contributed by atoms with van der Waals surface area (Å²) in [5, 5.41) is 0.730. The summed E-state index contributed by atoms with van der Waals surface area (Å²) >= 11 is 1.51. The van der Waals surface area contributed by atoms with Crippen LogP contribution in [0.15, 0.2) is 64.5 Å². The fourth-order valence-corrected chi connectivity index (χ4v) is 7.66. The van der Waals surface area contributed by atoms with Crippen LogP contribution < -0.4 is 10.5 Å². The van der Waals surface area contributed by atoms with Crippen molar-refractivity contribution in [2.45, 2.75) is 24.8 Å². The molecule has 1 fully saturated rings. The molecule has 0 N–H and O–H groups in total. The molecular weight excluding hydrogens is 420 g/mol. The van der Waals surface area contributed by atoms with Crippen molar-refractivity contribution in [1.29, 1.82) is 0 Å². The summed E-state index contributed by atoms with van der Waals surface area (Å²) in [5.41, 5.74) is 3.15. The highest BCUT2D eigenvalue weighted by Gasteiger charge is 2.44. The largest absolute Gasteiger partial charge is 0.315 e. The van der Waals surface area contributed by atoms with Crippen LogP contribution in [-0.4, -0.2) is 45.8 Å². The number of benzene rings is 1. The third-order valence-corrected chi connectivity index (χ3v) is 8.54. The molecule has 2 aliphatic heterocycles. The molecule has 9 heteroatoms. The molecule has 2 aromatic heterocycles. The van der Waals surface area contributed by atoms with E-state index < -0.39 is 9.84 Å². The summed E-state index contributed by atoms with van der Waals surface area (Å²) in [7, 11) is -3.02. The van der Waals surface area contributed by atoms with Crippen molar-refractivity contribution in [3.05, 3.63) is 76.3 Å². The number of sulfone groups is 1. The molecule has 0 radical (unpaired) electrons. The van der Waals surface area contributed by atoms with Gasteiger partial charge in [-0.1, -0.05) is 30.0 Å². The van der Waals surface area contributed by atoms with E-state index in [2.05, 4.69) is 11.1 Å². The Hall–Kier alpha value is -2.65. The monoisotopic (exact) mass is 440 g/mol. The Bertz CT molecular complexity index is 1330. The highest BCUT2D eigenvalue weighted by molar-refractivity contribution is 8.15. The predicted octanol–water partition coefficient (Wildman–Crippen LogP) is 2.28.